The van der Waals surface area contributed by atoms with Crippen LogP contribution in [0.25, 0.3) is 0 Å². The summed E-state index contributed by atoms with van der Waals surface area (Å²) in [5.41, 5.74) is 2.31. The number of hydrogen-bond acceptors (Lipinski definition) is 3. The molecule has 0 aromatic carbocycles. The molecule has 1 aromatic rings. The summed E-state index contributed by atoms with van der Waals surface area (Å²) in [7, 11) is 0. The third kappa shape index (κ3) is 4.55. The van der Waals surface area contributed by atoms with Gasteiger partial charge in [0.15, 0.2) is 6.29 Å². The van der Waals surface area contributed by atoms with Gasteiger partial charge in [-0.2, -0.15) is 0 Å². The summed E-state index contributed by atoms with van der Waals surface area (Å²) in [6, 6.07) is 0. The van der Waals surface area contributed by atoms with Gasteiger partial charge in [-0.15, -0.1) is 22.9 Å². The van der Waals surface area contributed by atoms with Crippen molar-refractivity contribution in [1.29, 1.82) is 0 Å². The van der Waals surface area contributed by atoms with Crippen molar-refractivity contribution in [2.75, 3.05) is 11.2 Å². The maximum atomic E-state index is 12.4. The quantitative estimate of drug-likeness (QED) is 0.355. The fourth-order valence-electron chi connectivity index (χ4n) is 2.84. The molecule has 0 spiro atoms. The molecule has 0 radical (unpaired) electrons. The lowest BCUT2D eigenvalue weighted by atomic mass is 9.97. The van der Waals surface area contributed by atoms with Crippen LogP contribution in [-0.4, -0.2) is 18.1 Å². The molecule has 0 fully saturated rings. The Morgan fingerprint density at radius 1 is 1.26 bits per heavy atom. The van der Waals surface area contributed by atoms with E-state index in [1.807, 2.05) is 6.92 Å². The van der Waals surface area contributed by atoms with Gasteiger partial charge < -0.3 is 5.32 Å². The second kappa shape index (κ2) is 9.04. The maximum Gasteiger partial charge on any atom is 0.255 e. The van der Waals surface area contributed by atoms with Gasteiger partial charge in [0.2, 0.25) is 0 Å². The van der Waals surface area contributed by atoms with E-state index in [0.29, 0.717) is 16.1 Å². The molecule has 1 aromatic heterocycles. The van der Waals surface area contributed by atoms with Gasteiger partial charge in [-0.25, -0.2) is 0 Å². The second-order valence-corrected chi connectivity index (χ2v) is 6.96. The zero-order valence-electron chi connectivity index (χ0n) is 13.4. The van der Waals surface area contributed by atoms with Crippen molar-refractivity contribution in [3.8, 4) is 0 Å². The van der Waals surface area contributed by atoms with Crippen LogP contribution in [0.15, 0.2) is 23.8 Å². The summed E-state index contributed by atoms with van der Waals surface area (Å²) >= 11 is 7.26. The molecule has 0 aliphatic heterocycles. The normalized spacial score (nSPS) is 15.8. The number of hydrogen-bond donors (Lipinski definition) is 1. The number of carbonyl (C=O) groups excluding carboxylic acids is 2. The molecule has 0 atom stereocenters. The minimum atomic E-state index is -0.221. The Bertz CT molecular complexity index is 631. The molecule has 0 saturated carbocycles. The van der Waals surface area contributed by atoms with Gasteiger partial charge in [0, 0.05) is 16.3 Å². The number of fused-ring (bicyclic) bond motifs is 1. The summed E-state index contributed by atoms with van der Waals surface area (Å²) in [6.07, 6.45) is 12.7. The fourth-order valence-corrected chi connectivity index (χ4v) is 4.26. The number of carbonyl (C=O) groups is 2. The average Bonchev–Trinajstić information content (AvgIpc) is 2.82. The number of amides is 1. The zero-order valence-corrected chi connectivity index (χ0v) is 14.9. The Balaban J connectivity index is 2.29. The highest BCUT2D eigenvalue weighted by Gasteiger charge is 2.20. The number of rotatable bonds is 5. The summed E-state index contributed by atoms with van der Waals surface area (Å²) < 4.78 is 0. The van der Waals surface area contributed by atoms with Crippen LogP contribution in [0.3, 0.4) is 0 Å². The van der Waals surface area contributed by atoms with E-state index in [0.717, 1.165) is 37.5 Å². The van der Waals surface area contributed by atoms with E-state index < -0.39 is 0 Å². The minimum absolute atomic E-state index is 0.221. The zero-order chi connectivity index (χ0) is 16.7. The highest BCUT2D eigenvalue weighted by atomic mass is 35.5. The smallest absolute Gasteiger partial charge is 0.255 e. The molecule has 124 valence electrons. The monoisotopic (exact) mass is 351 g/mol. The van der Waals surface area contributed by atoms with Crippen LogP contribution in [0.4, 0.5) is 5.00 Å². The number of nitrogens with one attached hydrogen (secondary N) is 1. The molecule has 0 unspecified atom stereocenters. The first-order valence-corrected chi connectivity index (χ1v) is 9.36. The summed E-state index contributed by atoms with van der Waals surface area (Å²) in [6.45, 7) is 1.85. The lowest BCUT2D eigenvalue weighted by molar-refractivity contribution is -0.112. The molecule has 0 saturated heterocycles. The van der Waals surface area contributed by atoms with Crippen molar-refractivity contribution in [3.05, 3.63) is 39.8 Å². The first-order valence-electron chi connectivity index (χ1n) is 8.01. The highest BCUT2D eigenvalue weighted by molar-refractivity contribution is 7.16. The minimum Gasteiger partial charge on any atom is -0.313 e. The van der Waals surface area contributed by atoms with Gasteiger partial charge in [-0.1, -0.05) is 31.1 Å². The molecule has 1 N–H and O–H groups in total. The topological polar surface area (TPSA) is 46.2 Å². The molecule has 0 bridgehead atoms. The third-order valence-corrected chi connectivity index (χ3v) is 5.34. The number of allylic oxidation sites excluding steroid dienone is 2. The van der Waals surface area contributed by atoms with Gasteiger partial charge in [-0.05, 0) is 38.2 Å². The molecule has 1 amide bonds. The molecular weight excluding hydrogens is 330 g/mol. The van der Waals surface area contributed by atoms with Crippen molar-refractivity contribution in [3.63, 3.8) is 0 Å². The standard InChI is InChI=1S/C18H22ClNO2S/c1-2-7-13(10-11-19)17(22)20-18-15(12-21)14-8-5-3-4-6-9-16(14)23-18/h2,7,10,12H,3-6,8-9,11H2,1H3,(H,20,22)/b7-2-,13-10+. The van der Waals surface area contributed by atoms with E-state index >= 15 is 0 Å². The van der Waals surface area contributed by atoms with Gasteiger partial charge in [0.25, 0.3) is 5.91 Å². The van der Waals surface area contributed by atoms with Gasteiger partial charge >= 0.3 is 0 Å². The largest absolute Gasteiger partial charge is 0.313 e. The molecule has 1 heterocycles. The van der Waals surface area contributed by atoms with Crippen LogP contribution in [0.1, 0.15) is 53.4 Å². The number of aldehydes is 1. The highest BCUT2D eigenvalue weighted by Crippen LogP contribution is 2.36. The van der Waals surface area contributed by atoms with Crippen LogP contribution in [0.2, 0.25) is 0 Å². The molecular formula is C18H22ClNO2S. The van der Waals surface area contributed by atoms with Gasteiger partial charge in [0.05, 0.1) is 5.56 Å². The van der Waals surface area contributed by atoms with Gasteiger partial charge in [0.1, 0.15) is 5.00 Å². The van der Waals surface area contributed by atoms with Crippen molar-refractivity contribution in [2.24, 2.45) is 0 Å². The van der Waals surface area contributed by atoms with E-state index in [-0.39, 0.29) is 11.8 Å². The number of aryl methyl sites for hydroxylation is 1. The van der Waals surface area contributed by atoms with E-state index in [2.05, 4.69) is 5.32 Å². The van der Waals surface area contributed by atoms with Crippen molar-refractivity contribution in [1.82, 2.24) is 0 Å². The summed E-state index contributed by atoms with van der Waals surface area (Å²) in [4.78, 5) is 25.2. The second-order valence-electron chi connectivity index (χ2n) is 5.55. The molecule has 1 aliphatic carbocycles. The van der Waals surface area contributed by atoms with Crippen LogP contribution in [0, 0.1) is 0 Å². The number of thiophene rings is 1. The summed E-state index contributed by atoms with van der Waals surface area (Å²) in [5, 5.41) is 3.57. The summed E-state index contributed by atoms with van der Waals surface area (Å²) in [5.74, 6) is 0.0512. The first kappa shape index (κ1) is 18.0. The van der Waals surface area contributed by atoms with Crippen molar-refractivity contribution in [2.45, 2.75) is 45.4 Å². The van der Waals surface area contributed by atoms with Crippen molar-refractivity contribution < 1.29 is 9.59 Å². The van der Waals surface area contributed by atoms with Gasteiger partial charge in [-0.3, -0.25) is 9.59 Å². The van der Waals surface area contributed by atoms with Crippen LogP contribution < -0.4 is 5.32 Å². The predicted octanol–water partition coefficient (Wildman–Crippen LogP) is 4.90. The molecule has 23 heavy (non-hydrogen) atoms. The third-order valence-electron chi connectivity index (χ3n) is 3.96. The van der Waals surface area contributed by atoms with E-state index in [1.165, 1.54) is 17.7 Å². The van der Waals surface area contributed by atoms with Crippen LogP contribution >= 0.6 is 22.9 Å². The van der Waals surface area contributed by atoms with Crippen molar-refractivity contribution >= 4 is 40.1 Å². The number of alkyl halides is 1. The average molecular weight is 352 g/mol. The molecule has 1 aliphatic rings. The SMILES string of the molecule is C/C=C\C(=C/CCl)C(=O)Nc1sc2c(c1C=O)CCCCCC2. The lowest BCUT2D eigenvalue weighted by Crippen LogP contribution is -2.13. The van der Waals surface area contributed by atoms with E-state index in [1.54, 1.807) is 29.6 Å². The first-order chi connectivity index (χ1) is 11.2. The lowest BCUT2D eigenvalue weighted by Gasteiger charge is -2.09. The molecule has 5 heteroatoms. The molecule has 3 nitrogen and oxygen atoms in total. The Morgan fingerprint density at radius 2 is 2.00 bits per heavy atom. The van der Waals surface area contributed by atoms with E-state index in [4.69, 9.17) is 11.6 Å². The fraction of sp³-hybridized carbons (Fsp3) is 0.444. The number of halogens is 1. The molecule has 2 rings (SSSR count). The Morgan fingerprint density at radius 3 is 2.65 bits per heavy atom. The predicted molar refractivity (Wildman–Crippen MR) is 97.8 cm³/mol. The Labute approximate surface area is 146 Å². The number of anilines is 1. The van der Waals surface area contributed by atoms with E-state index in [9.17, 15) is 9.59 Å². The Hall–Kier alpha value is -1.39. The maximum absolute atomic E-state index is 12.4. The van der Waals surface area contributed by atoms with Crippen LogP contribution in [-0.2, 0) is 17.6 Å². The van der Waals surface area contributed by atoms with Crippen LogP contribution in [0.5, 0.6) is 0 Å². The Kier molecular flexibility index (Phi) is 7.06.